The zero-order valence-electron chi connectivity index (χ0n) is 5.77. The second-order valence-electron chi connectivity index (χ2n) is 2.39. The van der Waals surface area contributed by atoms with Crippen molar-refractivity contribution in [2.75, 3.05) is 0 Å². The van der Waals surface area contributed by atoms with Crippen molar-refractivity contribution >= 4 is 0 Å². The number of rotatable bonds is 1. The van der Waals surface area contributed by atoms with Gasteiger partial charge in [0.2, 0.25) is 0 Å². The summed E-state index contributed by atoms with van der Waals surface area (Å²) in [6.45, 7) is -0.298. The van der Waals surface area contributed by atoms with Crippen molar-refractivity contribution in [3.63, 3.8) is 0 Å². The van der Waals surface area contributed by atoms with Crippen molar-refractivity contribution in [2.45, 2.75) is 31.6 Å². The molecule has 0 radical (unpaired) electrons. The van der Waals surface area contributed by atoms with Gasteiger partial charge in [0.1, 0.15) is 0 Å². The predicted octanol–water partition coefficient (Wildman–Crippen LogP) is 2.93. The fraction of sp³-hybridized carbons (Fsp3) is 1.00. The molecule has 68 valence electrons. The van der Waals surface area contributed by atoms with Gasteiger partial charge in [-0.25, -0.2) is 13.2 Å². The van der Waals surface area contributed by atoms with Crippen LogP contribution < -0.4 is 0 Å². The lowest BCUT2D eigenvalue weighted by molar-refractivity contribution is -0.289. The maximum absolute atomic E-state index is 12.2. The molecule has 0 saturated carbocycles. The van der Waals surface area contributed by atoms with E-state index in [1.54, 1.807) is 0 Å². The third kappa shape index (κ3) is 1.78. The lowest BCUT2D eigenvalue weighted by Crippen LogP contribution is -2.51. The van der Waals surface area contributed by atoms with E-state index in [2.05, 4.69) is 0 Å². The summed E-state index contributed by atoms with van der Waals surface area (Å²) in [5.74, 6) is -4.41. The molecule has 0 saturated heterocycles. The van der Waals surface area contributed by atoms with Crippen LogP contribution in [-0.2, 0) is 0 Å². The molecular weight excluding hydrogens is 174 g/mol. The highest BCUT2D eigenvalue weighted by atomic mass is 19.4. The highest BCUT2D eigenvalue weighted by molar-refractivity contribution is 4.92. The molecule has 0 fully saturated rings. The molecule has 0 aromatic heterocycles. The summed E-state index contributed by atoms with van der Waals surface area (Å²) in [5.41, 5.74) is -4.46. The van der Waals surface area contributed by atoms with Gasteiger partial charge in [-0.2, -0.15) is 13.2 Å². The van der Waals surface area contributed by atoms with Gasteiger partial charge in [-0.15, -0.1) is 0 Å². The molecule has 1 atom stereocenters. The topological polar surface area (TPSA) is 0 Å². The molecule has 0 amide bonds. The van der Waals surface area contributed by atoms with Gasteiger partial charge in [0.15, 0.2) is 0 Å². The summed E-state index contributed by atoms with van der Waals surface area (Å²) in [6.07, 6.45) is -5.54. The molecule has 0 aliphatic heterocycles. The first-order valence-corrected chi connectivity index (χ1v) is 2.63. The highest BCUT2D eigenvalue weighted by Crippen LogP contribution is 2.44. The molecule has 0 rings (SSSR count). The standard InChI is InChI=1S/C5H6F6/c1-3(6,4(2,7)8)5(9,10)11/h1-2H3. The number of hydrogen-bond acceptors (Lipinski definition) is 0. The van der Waals surface area contributed by atoms with Crippen molar-refractivity contribution in [2.24, 2.45) is 0 Å². The van der Waals surface area contributed by atoms with Crippen molar-refractivity contribution < 1.29 is 26.3 Å². The first-order chi connectivity index (χ1) is 4.50. The lowest BCUT2D eigenvalue weighted by atomic mass is 10.0. The third-order valence-electron chi connectivity index (χ3n) is 1.36. The van der Waals surface area contributed by atoms with E-state index >= 15 is 0 Å². The van der Waals surface area contributed by atoms with Gasteiger partial charge >= 0.3 is 6.18 Å². The van der Waals surface area contributed by atoms with Crippen LogP contribution in [0.25, 0.3) is 0 Å². The molecule has 0 bridgehead atoms. The fourth-order valence-electron chi connectivity index (χ4n) is 0.249. The Morgan fingerprint density at radius 1 is 0.727 bits per heavy atom. The fourth-order valence-corrected chi connectivity index (χ4v) is 0.249. The van der Waals surface area contributed by atoms with Crippen LogP contribution in [0.15, 0.2) is 0 Å². The summed E-state index contributed by atoms with van der Waals surface area (Å²) in [4.78, 5) is 0. The monoisotopic (exact) mass is 180 g/mol. The first kappa shape index (κ1) is 10.6. The average molecular weight is 180 g/mol. The van der Waals surface area contributed by atoms with E-state index in [0.29, 0.717) is 0 Å². The Kier molecular flexibility index (Phi) is 2.19. The van der Waals surface area contributed by atoms with Gasteiger partial charge in [-0.1, -0.05) is 0 Å². The van der Waals surface area contributed by atoms with Gasteiger partial charge in [0.05, 0.1) is 0 Å². The third-order valence-corrected chi connectivity index (χ3v) is 1.36. The van der Waals surface area contributed by atoms with Crippen LogP contribution >= 0.6 is 0 Å². The Hall–Kier alpha value is -0.420. The van der Waals surface area contributed by atoms with Crippen molar-refractivity contribution in [1.29, 1.82) is 0 Å². The van der Waals surface area contributed by atoms with Gasteiger partial charge in [0, 0.05) is 6.92 Å². The molecule has 11 heavy (non-hydrogen) atoms. The van der Waals surface area contributed by atoms with Crippen molar-refractivity contribution in [1.82, 2.24) is 0 Å². The molecule has 0 aliphatic rings. The van der Waals surface area contributed by atoms with E-state index in [1.165, 1.54) is 0 Å². The molecule has 0 aromatic rings. The minimum Gasteiger partial charge on any atom is -0.227 e. The molecule has 0 heterocycles. The van der Waals surface area contributed by atoms with E-state index in [1.807, 2.05) is 0 Å². The molecule has 0 aliphatic carbocycles. The van der Waals surface area contributed by atoms with Gasteiger partial charge < -0.3 is 0 Å². The molecule has 1 unspecified atom stereocenters. The Bertz CT molecular complexity index is 122. The minimum atomic E-state index is -5.54. The Labute approximate surface area is 59.2 Å². The van der Waals surface area contributed by atoms with E-state index < -0.39 is 17.8 Å². The lowest BCUT2D eigenvalue weighted by Gasteiger charge is -2.28. The van der Waals surface area contributed by atoms with Crippen LogP contribution in [0, 0.1) is 0 Å². The summed E-state index contributed by atoms with van der Waals surface area (Å²) in [5, 5.41) is 0. The molecule has 0 aromatic carbocycles. The Morgan fingerprint density at radius 2 is 1.00 bits per heavy atom. The first-order valence-electron chi connectivity index (χ1n) is 2.63. The second kappa shape index (κ2) is 2.28. The van der Waals surface area contributed by atoms with E-state index in [9.17, 15) is 26.3 Å². The minimum absolute atomic E-state index is 0.111. The van der Waals surface area contributed by atoms with Crippen LogP contribution in [0.5, 0.6) is 0 Å². The van der Waals surface area contributed by atoms with E-state index in [0.717, 1.165) is 0 Å². The quantitative estimate of drug-likeness (QED) is 0.544. The normalized spacial score (nSPS) is 19.6. The van der Waals surface area contributed by atoms with Crippen LogP contribution in [0.1, 0.15) is 13.8 Å². The van der Waals surface area contributed by atoms with Crippen molar-refractivity contribution in [3.8, 4) is 0 Å². The summed E-state index contributed by atoms with van der Waals surface area (Å²) < 4.78 is 70.5. The van der Waals surface area contributed by atoms with Crippen LogP contribution in [0.4, 0.5) is 26.3 Å². The molecule has 0 N–H and O–H groups in total. The van der Waals surface area contributed by atoms with Gasteiger partial charge in [0.25, 0.3) is 11.6 Å². The largest absolute Gasteiger partial charge is 0.428 e. The second-order valence-corrected chi connectivity index (χ2v) is 2.39. The maximum atomic E-state index is 12.2. The van der Waals surface area contributed by atoms with Crippen LogP contribution in [-0.4, -0.2) is 17.8 Å². The molecule has 0 spiro atoms. The summed E-state index contributed by atoms with van der Waals surface area (Å²) in [7, 11) is 0. The summed E-state index contributed by atoms with van der Waals surface area (Å²) >= 11 is 0. The van der Waals surface area contributed by atoms with Gasteiger partial charge in [-0.05, 0) is 6.92 Å². The maximum Gasteiger partial charge on any atom is 0.428 e. The smallest absolute Gasteiger partial charge is 0.227 e. The summed E-state index contributed by atoms with van der Waals surface area (Å²) in [6, 6.07) is 0. The zero-order valence-corrected chi connectivity index (χ0v) is 5.77. The number of hydrogen-bond donors (Lipinski definition) is 0. The van der Waals surface area contributed by atoms with E-state index in [4.69, 9.17) is 0 Å². The van der Waals surface area contributed by atoms with Crippen molar-refractivity contribution in [3.05, 3.63) is 0 Å². The van der Waals surface area contributed by atoms with Gasteiger partial charge in [-0.3, -0.25) is 0 Å². The highest BCUT2D eigenvalue weighted by Gasteiger charge is 2.65. The molecule has 6 heteroatoms. The zero-order chi connectivity index (χ0) is 9.50. The Balaban J connectivity index is 4.75. The molecular formula is C5H6F6. The number of alkyl halides is 6. The predicted molar refractivity (Wildman–Crippen MR) is 26.2 cm³/mol. The van der Waals surface area contributed by atoms with Crippen LogP contribution in [0.2, 0.25) is 0 Å². The molecule has 0 nitrogen and oxygen atoms in total. The average Bonchev–Trinajstić information content (AvgIpc) is 1.58. The number of halogens is 6. The van der Waals surface area contributed by atoms with E-state index in [-0.39, 0.29) is 13.8 Å². The Morgan fingerprint density at radius 3 is 1.00 bits per heavy atom. The van der Waals surface area contributed by atoms with Crippen LogP contribution in [0.3, 0.4) is 0 Å². The SMILES string of the molecule is CC(F)(F)C(C)(F)C(F)(F)F.